The fraction of sp³-hybridized carbons (Fsp3) is 1.00. The standard InChI is InChI=1S/C32H56O3/c1-21(2)9-8-10-22(3)25-12-13-26-24-20-29(35-30-11-6-7-18-34-30)28-19-23(33)14-16-32(28,5)27(24)15-17-31(25,26)4/h21-30,33H,6-20H2,1-5H3/t22-,23+,24+,25-,26+,27+,28-,29-,30?,31-,32-/m1/s1/i14D/t14-,22+,23-,24-,25+,26-,27-,28+,29+,30?,31+,32+/m0. The molecule has 0 spiro atoms. The fourth-order valence-electron chi connectivity index (χ4n) is 10.2. The molecular formula is C32H56O3. The van der Waals surface area contributed by atoms with Crippen LogP contribution in [0.25, 0.3) is 0 Å². The van der Waals surface area contributed by atoms with Crippen LogP contribution < -0.4 is 0 Å². The van der Waals surface area contributed by atoms with Crippen LogP contribution in [0, 0.1) is 52.3 Å². The number of hydrogen-bond acceptors (Lipinski definition) is 3. The molecule has 5 fully saturated rings. The Morgan fingerprint density at radius 3 is 2.49 bits per heavy atom. The van der Waals surface area contributed by atoms with Crippen LogP contribution in [0.4, 0.5) is 0 Å². The molecule has 0 aromatic rings. The minimum Gasteiger partial charge on any atom is -0.393 e. The second-order valence-electron chi connectivity index (χ2n) is 14.5. The molecule has 4 saturated carbocycles. The van der Waals surface area contributed by atoms with E-state index in [1.807, 2.05) is 0 Å². The Morgan fingerprint density at radius 2 is 1.74 bits per heavy atom. The summed E-state index contributed by atoms with van der Waals surface area (Å²) in [5.74, 6) is 5.04. The number of hydrogen-bond donors (Lipinski definition) is 1. The summed E-state index contributed by atoms with van der Waals surface area (Å²) in [6, 6.07) is 0. The predicted octanol–water partition coefficient (Wildman–Crippen LogP) is 7.99. The van der Waals surface area contributed by atoms with E-state index in [4.69, 9.17) is 10.8 Å². The van der Waals surface area contributed by atoms with Gasteiger partial charge in [0, 0.05) is 7.98 Å². The molecule has 0 bridgehead atoms. The van der Waals surface area contributed by atoms with Gasteiger partial charge in [-0.15, -0.1) is 0 Å². The molecule has 0 amide bonds. The second kappa shape index (κ2) is 10.6. The zero-order chi connectivity index (χ0) is 25.7. The van der Waals surface area contributed by atoms with E-state index in [1.165, 1.54) is 51.4 Å². The average molecular weight is 490 g/mol. The third-order valence-corrected chi connectivity index (χ3v) is 12.1. The van der Waals surface area contributed by atoms with Crippen molar-refractivity contribution in [3.63, 3.8) is 0 Å². The van der Waals surface area contributed by atoms with Gasteiger partial charge in [-0.05, 0) is 123 Å². The van der Waals surface area contributed by atoms with Gasteiger partial charge in [0.1, 0.15) is 0 Å². The van der Waals surface area contributed by atoms with Gasteiger partial charge in [-0.3, -0.25) is 0 Å². The van der Waals surface area contributed by atoms with Crippen molar-refractivity contribution in [1.29, 1.82) is 0 Å². The summed E-state index contributed by atoms with van der Waals surface area (Å²) in [4.78, 5) is 0. The molecule has 4 aliphatic carbocycles. The van der Waals surface area contributed by atoms with Crippen molar-refractivity contribution in [2.75, 3.05) is 6.61 Å². The summed E-state index contributed by atoms with van der Waals surface area (Å²) in [6.07, 6.45) is 14.9. The molecule has 1 N–H and O–H groups in total. The van der Waals surface area contributed by atoms with Crippen molar-refractivity contribution in [3.8, 4) is 0 Å². The topological polar surface area (TPSA) is 38.7 Å². The van der Waals surface area contributed by atoms with Crippen LogP contribution >= 0.6 is 0 Å². The summed E-state index contributed by atoms with van der Waals surface area (Å²) in [7, 11) is 0. The third kappa shape index (κ3) is 5.01. The second-order valence-corrected chi connectivity index (χ2v) is 14.5. The lowest BCUT2D eigenvalue weighted by Gasteiger charge is -2.63. The van der Waals surface area contributed by atoms with Crippen molar-refractivity contribution >= 4 is 0 Å². The Labute approximate surface area is 217 Å². The molecule has 1 aliphatic heterocycles. The summed E-state index contributed by atoms with van der Waals surface area (Å²) < 4.78 is 21.6. The minimum absolute atomic E-state index is 0.0669. The highest BCUT2D eigenvalue weighted by molar-refractivity contribution is 5.11. The Kier molecular flexibility index (Phi) is 7.60. The summed E-state index contributed by atoms with van der Waals surface area (Å²) in [6.45, 7) is 13.2. The molecule has 12 atom stereocenters. The average Bonchev–Trinajstić information content (AvgIpc) is 3.18. The van der Waals surface area contributed by atoms with Gasteiger partial charge in [0.25, 0.3) is 0 Å². The largest absolute Gasteiger partial charge is 0.393 e. The van der Waals surface area contributed by atoms with Crippen LogP contribution in [0.5, 0.6) is 0 Å². The maximum atomic E-state index is 10.8. The number of aliphatic hydroxyl groups is 1. The molecule has 0 radical (unpaired) electrons. The number of aliphatic hydroxyl groups excluding tert-OH is 1. The first-order valence-electron chi connectivity index (χ1n) is 16.1. The van der Waals surface area contributed by atoms with Crippen LogP contribution in [0.1, 0.15) is 126 Å². The highest BCUT2D eigenvalue weighted by Crippen LogP contribution is 2.68. The van der Waals surface area contributed by atoms with E-state index >= 15 is 0 Å². The highest BCUT2D eigenvalue weighted by atomic mass is 16.7. The molecule has 5 rings (SSSR count). The van der Waals surface area contributed by atoms with Crippen molar-refractivity contribution in [3.05, 3.63) is 0 Å². The summed E-state index contributed by atoms with van der Waals surface area (Å²) in [5.41, 5.74) is 0.568. The highest BCUT2D eigenvalue weighted by Gasteiger charge is 2.62. The maximum Gasteiger partial charge on any atom is 0.157 e. The van der Waals surface area contributed by atoms with Gasteiger partial charge in [-0.1, -0.05) is 53.9 Å². The van der Waals surface area contributed by atoms with Gasteiger partial charge < -0.3 is 14.6 Å². The summed E-state index contributed by atoms with van der Waals surface area (Å²) >= 11 is 0. The van der Waals surface area contributed by atoms with E-state index in [1.54, 1.807) is 0 Å². The first-order chi connectivity index (χ1) is 17.1. The Balaban J connectivity index is 1.37. The first-order valence-corrected chi connectivity index (χ1v) is 15.5. The van der Waals surface area contributed by atoms with E-state index < -0.39 is 6.10 Å². The molecule has 3 heteroatoms. The SMILES string of the molecule is [2H][C@H]1C[C@@]2(C)[C@H](C[C@H]1O)[C@H](OC1CCCCO1)C[C@@H]1[C@@H]2CC[C@]2(C)[C@@H]([C@H](C)CCCC(C)C)CC[C@@H]12. The monoisotopic (exact) mass is 489 g/mol. The molecule has 5 aliphatic rings. The lowest BCUT2D eigenvalue weighted by Crippen LogP contribution is -2.59. The Hall–Kier alpha value is -0.120. The van der Waals surface area contributed by atoms with Crippen LogP contribution in [0.3, 0.4) is 0 Å². The van der Waals surface area contributed by atoms with Gasteiger partial charge >= 0.3 is 0 Å². The first kappa shape index (κ1) is 25.2. The van der Waals surface area contributed by atoms with Gasteiger partial charge in [0.2, 0.25) is 0 Å². The van der Waals surface area contributed by atoms with Gasteiger partial charge in [-0.25, -0.2) is 0 Å². The van der Waals surface area contributed by atoms with Gasteiger partial charge in [0.05, 0.1) is 12.2 Å². The molecule has 202 valence electrons. The molecule has 0 aromatic carbocycles. The molecule has 1 saturated heterocycles. The molecule has 3 nitrogen and oxygen atoms in total. The van der Waals surface area contributed by atoms with Gasteiger partial charge in [0.15, 0.2) is 6.29 Å². The van der Waals surface area contributed by atoms with Crippen LogP contribution in [-0.2, 0) is 9.47 Å². The van der Waals surface area contributed by atoms with E-state index in [0.717, 1.165) is 62.4 Å². The lowest BCUT2D eigenvalue weighted by molar-refractivity contribution is -0.249. The maximum absolute atomic E-state index is 10.8. The molecule has 1 unspecified atom stereocenters. The van der Waals surface area contributed by atoms with Crippen LogP contribution in [0.2, 0.25) is 0 Å². The van der Waals surface area contributed by atoms with E-state index in [2.05, 4.69) is 34.6 Å². The normalized spacial score (nSPS) is 51.3. The molecular weight excluding hydrogens is 432 g/mol. The van der Waals surface area contributed by atoms with Crippen molar-refractivity contribution in [2.24, 2.45) is 52.3 Å². The van der Waals surface area contributed by atoms with E-state index in [-0.39, 0.29) is 24.2 Å². The van der Waals surface area contributed by atoms with E-state index in [0.29, 0.717) is 23.2 Å². The van der Waals surface area contributed by atoms with Crippen LogP contribution in [-0.4, -0.2) is 30.2 Å². The third-order valence-electron chi connectivity index (χ3n) is 12.1. The number of ether oxygens (including phenoxy) is 2. The molecule has 35 heavy (non-hydrogen) atoms. The van der Waals surface area contributed by atoms with Crippen molar-refractivity contribution < 1.29 is 16.0 Å². The number of fused-ring (bicyclic) bond motifs is 5. The zero-order valence-electron chi connectivity index (χ0n) is 24.5. The van der Waals surface area contributed by atoms with Gasteiger partial charge in [-0.2, -0.15) is 0 Å². The Bertz CT molecular complexity index is 737. The predicted molar refractivity (Wildman–Crippen MR) is 143 cm³/mol. The quantitative estimate of drug-likeness (QED) is 0.368. The fourth-order valence-corrected chi connectivity index (χ4v) is 10.2. The Morgan fingerprint density at radius 1 is 0.943 bits per heavy atom. The van der Waals surface area contributed by atoms with Crippen molar-refractivity contribution in [2.45, 2.75) is 143 Å². The van der Waals surface area contributed by atoms with Crippen molar-refractivity contribution in [1.82, 2.24) is 0 Å². The summed E-state index contributed by atoms with van der Waals surface area (Å²) in [5, 5.41) is 10.8. The minimum atomic E-state index is -0.505. The zero-order valence-corrected chi connectivity index (χ0v) is 23.5. The smallest absolute Gasteiger partial charge is 0.157 e. The van der Waals surface area contributed by atoms with E-state index in [9.17, 15) is 5.11 Å². The van der Waals surface area contributed by atoms with Crippen LogP contribution in [0.15, 0.2) is 0 Å². The molecule has 1 heterocycles. The molecule has 0 aromatic heterocycles. The number of rotatable bonds is 7. The lowest BCUT2D eigenvalue weighted by atomic mass is 9.43.